The minimum atomic E-state index is -0.846. The zero-order chi connectivity index (χ0) is 23.8. The number of carbonyl (C=O) groups excluding carboxylic acids is 1. The molecule has 0 spiro atoms. The minimum absolute atomic E-state index is 0.0275. The Labute approximate surface area is 195 Å². The summed E-state index contributed by atoms with van der Waals surface area (Å²) in [4.78, 5) is 25.4. The quantitative estimate of drug-likeness (QED) is 0.508. The zero-order valence-corrected chi connectivity index (χ0v) is 18.9. The maximum absolute atomic E-state index is 14.7. The van der Waals surface area contributed by atoms with Gasteiger partial charge in [0.15, 0.2) is 17.5 Å². The maximum atomic E-state index is 14.7. The number of nitrogens with one attached hydrogen (secondary N) is 3. The largest absolute Gasteiger partial charge is 0.365 e. The van der Waals surface area contributed by atoms with Gasteiger partial charge in [-0.15, -0.1) is 0 Å². The van der Waals surface area contributed by atoms with Gasteiger partial charge in [-0.05, 0) is 44.1 Å². The van der Waals surface area contributed by atoms with Gasteiger partial charge in [-0.25, -0.2) is 27.9 Å². The Hall–Kier alpha value is -3.30. The molecule has 3 aromatic heterocycles. The first-order valence-electron chi connectivity index (χ1n) is 11.7. The van der Waals surface area contributed by atoms with Gasteiger partial charge < -0.3 is 20.5 Å². The number of amides is 2. The smallest absolute Gasteiger partial charge is 0.317 e. The molecule has 0 radical (unpaired) electrons. The van der Waals surface area contributed by atoms with Gasteiger partial charge in [-0.2, -0.15) is 0 Å². The first-order chi connectivity index (χ1) is 16.4. The Kier molecular flexibility index (Phi) is 6.05. The number of halogens is 3. The molecule has 3 N–H and O–H groups in total. The number of hydrogen-bond donors (Lipinski definition) is 3. The average molecular weight is 473 g/mol. The topological polar surface area (TPSA) is 85.9 Å². The minimum Gasteiger partial charge on any atom is -0.365 e. The number of H-pyrrole nitrogens is 1. The Balaban J connectivity index is 1.32. The lowest BCUT2D eigenvalue weighted by atomic mass is 9.91. The van der Waals surface area contributed by atoms with Crippen LogP contribution < -0.4 is 10.6 Å². The lowest BCUT2D eigenvalue weighted by Crippen LogP contribution is -2.47. The van der Waals surface area contributed by atoms with Crippen LogP contribution in [0.25, 0.3) is 22.3 Å². The van der Waals surface area contributed by atoms with Crippen molar-refractivity contribution in [1.82, 2.24) is 25.2 Å². The van der Waals surface area contributed by atoms with Crippen LogP contribution in [0.5, 0.6) is 0 Å². The van der Waals surface area contributed by atoms with Crippen molar-refractivity contribution in [1.29, 1.82) is 0 Å². The number of urea groups is 1. The van der Waals surface area contributed by atoms with E-state index in [1.807, 2.05) is 4.90 Å². The third-order valence-corrected chi connectivity index (χ3v) is 6.74. The molecule has 3 aromatic rings. The second-order valence-electron chi connectivity index (χ2n) is 9.40. The number of carbonyl (C=O) groups is 1. The number of nitrogens with zero attached hydrogens (tertiary/aromatic N) is 3. The molecule has 2 amide bonds. The molecule has 1 unspecified atom stereocenters. The SMILES string of the molecule is C[C@@H]1CCN(C(=O)N[C@@H]2CCCC(Nc3nc(-c4c[nH]c5ncc(F)cc45)c(F)cc3F)C2)C1. The number of rotatable bonds is 4. The molecular weight excluding hydrogens is 445 g/mol. The lowest BCUT2D eigenvalue weighted by Gasteiger charge is -2.32. The van der Waals surface area contributed by atoms with Gasteiger partial charge in [0.2, 0.25) is 0 Å². The Morgan fingerprint density at radius 3 is 2.76 bits per heavy atom. The fraction of sp³-hybridized carbons (Fsp3) is 0.458. The second-order valence-corrected chi connectivity index (χ2v) is 9.40. The monoisotopic (exact) mass is 472 g/mol. The molecule has 3 atom stereocenters. The van der Waals surface area contributed by atoms with Gasteiger partial charge in [-0.3, -0.25) is 0 Å². The van der Waals surface area contributed by atoms with Crippen LogP contribution in [0.15, 0.2) is 24.5 Å². The highest BCUT2D eigenvalue weighted by molar-refractivity contribution is 5.92. The molecule has 0 bridgehead atoms. The summed E-state index contributed by atoms with van der Waals surface area (Å²) in [6, 6.07) is 1.82. The van der Waals surface area contributed by atoms with Gasteiger partial charge in [-0.1, -0.05) is 6.92 Å². The number of anilines is 1. The van der Waals surface area contributed by atoms with E-state index in [0.29, 0.717) is 28.9 Å². The van der Waals surface area contributed by atoms with Crippen molar-refractivity contribution in [2.75, 3.05) is 18.4 Å². The summed E-state index contributed by atoms with van der Waals surface area (Å²) in [5.74, 6) is -1.77. The number of fused-ring (bicyclic) bond motifs is 1. The Morgan fingerprint density at radius 1 is 1.15 bits per heavy atom. The number of likely N-dealkylation sites (tertiary alicyclic amines) is 1. The highest BCUT2D eigenvalue weighted by Gasteiger charge is 2.29. The summed E-state index contributed by atoms with van der Waals surface area (Å²) in [6.07, 6.45) is 6.67. The van der Waals surface area contributed by atoms with Gasteiger partial charge in [0.25, 0.3) is 0 Å². The number of aromatic nitrogens is 3. The highest BCUT2D eigenvalue weighted by atomic mass is 19.1. The third kappa shape index (κ3) is 4.53. The van der Waals surface area contributed by atoms with Crippen molar-refractivity contribution in [3.05, 3.63) is 42.0 Å². The van der Waals surface area contributed by atoms with Crippen molar-refractivity contribution in [3.8, 4) is 11.3 Å². The van der Waals surface area contributed by atoms with Crippen molar-refractivity contribution in [2.24, 2.45) is 5.92 Å². The predicted octanol–water partition coefficient (Wildman–Crippen LogP) is 4.82. The molecular formula is C24H27F3N6O. The third-order valence-electron chi connectivity index (χ3n) is 6.74. The summed E-state index contributed by atoms with van der Waals surface area (Å²) in [6.45, 7) is 3.67. The zero-order valence-electron chi connectivity index (χ0n) is 18.9. The Morgan fingerprint density at radius 2 is 1.97 bits per heavy atom. The van der Waals surface area contributed by atoms with E-state index < -0.39 is 17.5 Å². The molecule has 2 fully saturated rings. The van der Waals surface area contributed by atoms with Gasteiger partial charge in [0.05, 0.1) is 6.20 Å². The molecule has 5 rings (SSSR count). The number of pyridine rings is 2. The van der Waals surface area contributed by atoms with Crippen LogP contribution in [0.3, 0.4) is 0 Å². The number of aromatic amines is 1. The van der Waals surface area contributed by atoms with Crippen LogP contribution in [0.4, 0.5) is 23.8 Å². The van der Waals surface area contributed by atoms with Crippen LogP contribution >= 0.6 is 0 Å². The highest BCUT2D eigenvalue weighted by Crippen LogP contribution is 2.32. The van der Waals surface area contributed by atoms with E-state index in [1.54, 1.807) is 0 Å². The van der Waals surface area contributed by atoms with Crippen molar-refractivity contribution < 1.29 is 18.0 Å². The molecule has 7 nitrogen and oxygen atoms in total. The first kappa shape index (κ1) is 22.5. The predicted molar refractivity (Wildman–Crippen MR) is 123 cm³/mol. The normalized spacial score (nSPS) is 22.8. The van der Waals surface area contributed by atoms with Gasteiger partial charge in [0.1, 0.15) is 17.2 Å². The standard InChI is InChI=1S/C24H27F3N6O/c1-13-5-6-33(12-13)24(34)31-16-4-2-3-15(8-16)30-23-20(27)9-19(26)21(32-23)18-11-29-22-17(18)7-14(25)10-28-22/h7,9-11,13,15-16H,2-6,8,12H2,1H3,(H,28,29)(H,30,32)(H,31,34)/t13-,15?,16-/m1/s1. The maximum Gasteiger partial charge on any atom is 0.317 e. The van der Waals surface area contributed by atoms with E-state index in [0.717, 1.165) is 51.0 Å². The lowest BCUT2D eigenvalue weighted by molar-refractivity contribution is 0.198. The summed E-state index contributed by atoms with van der Waals surface area (Å²) in [5.41, 5.74) is 0.595. The van der Waals surface area contributed by atoms with E-state index in [1.165, 1.54) is 12.3 Å². The van der Waals surface area contributed by atoms with Crippen molar-refractivity contribution in [3.63, 3.8) is 0 Å². The van der Waals surface area contributed by atoms with Crippen LogP contribution in [0.1, 0.15) is 39.0 Å². The first-order valence-corrected chi connectivity index (χ1v) is 11.7. The fourth-order valence-electron chi connectivity index (χ4n) is 4.96. The molecule has 4 heterocycles. The fourth-order valence-corrected chi connectivity index (χ4v) is 4.96. The molecule has 10 heteroatoms. The molecule has 180 valence electrons. The van der Waals surface area contributed by atoms with Gasteiger partial charge in [0, 0.05) is 48.4 Å². The van der Waals surface area contributed by atoms with Crippen molar-refractivity contribution in [2.45, 2.75) is 51.1 Å². The molecule has 2 aliphatic rings. The average Bonchev–Trinajstić information content (AvgIpc) is 3.42. The summed E-state index contributed by atoms with van der Waals surface area (Å²) in [5, 5.41) is 6.57. The number of hydrogen-bond acceptors (Lipinski definition) is 4. The van der Waals surface area contributed by atoms with E-state index in [2.05, 4.69) is 32.5 Å². The molecule has 1 aliphatic carbocycles. The summed E-state index contributed by atoms with van der Waals surface area (Å²) >= 11 is 0. The second kappa shape index (κ2) is 9.15. The van der Waals surface area contributed by atoms with Crippen LogP contribution in [0, 0.1) is 23.4 Å². The van der Waals surface area contributed by atoms with Gasteiger partial charge >= 0.3 is 6.03 Å². The van der Waals surface area contributed by atoms with E-state index in [4.69, 9.17) is 0 Å². The van der Waals surface area contributed by atoms with Crippen LogP contribution in [-0.2, 0) is 0 Å². The summed E-state index contributed by atoms with van der Waals surface area (Å²) < 4.78 is 43.0. The summed E-state index contributed by atoms with van der Waals surface area (Å²) in [7, 11) is 0. The van der Waals surface area contributed by atoms with Crippen LogP contribution in [0.2, 0.25) is 0 Å². The Bertz CT molecular complexity index is 1210. The molecule has 0 aromatic carbocycles. The molecule has 1 aliphatic heterocycles. The molecule has 1 saturated carbocycles. The van der Waals surface area contributed by atoms with Crippen molar-refractivity contribution >= 4 is 22.9 Å². The van der Waals surface area contributed by atoms with E-state index >= 15 is 0 Å². The molecule has 1 saturated heterocycles. The van der Waals surface area contributed by atoms with E-state index in [9.17, 15) is 18.0 Å². The van der Waals surface area contributed by atoms with E-state index in [-0.39, 0.29) is 29.6 Å². The van der Waals surface area contributed by atoms with Crippen LogP contribution in [-0.4, -0.2) is 51.1 Å². The molecule has 34 heavy (non-hydrogen) atoms.